The highest BCUT2D eigenvalue weighted by Crippen LogP contribution is 2.54. The molecule has 0 fully saturated rings. The lowest BCUT2D eigenvalue weighted by Gasteiger charge is -2.19. The van der Waals surface area contributed by atoms with Crippen LogP contribution in [0.25, 0.3) is 55.7 Å². The Morgan fingerprint density at radius 3 is 1.01 bits per heavy atom. The van der Waals surface area contributed by atoms with Gasteiger partial charge in [0.2, 0.25) is 0 Å². The van der Waals surface area contributed by atoms with Gasteiger partial charge < -0.3 is 0 Å². The van der Waals surface area contributed by atoms with Crippen molar-refractivity contribution < 1.29 is 0 Å². The molecule has 96 heavy (non-hydrogen) atoms. The fraction of sp³-hybridized carbons (Fsp3) is 0.333. The van der Waals surface area contributed by atoms with Gasteiger partial charge in [-0.25, -0.2) is 0 Å². The molecule has 3 aromatic rings. The lowest BCUT2D eigenvalue weighted by Crippen LogP contribution is -2.10. The van der Waals surface area contributed by atoms with Gasteiger partial charge in [-0.1, -0.05) is 230 Å². The second-order valence-corrected chi connectivity index (χ2v) is 35.7. The Kier molecular flexibility index (Phi) is 17.7. The standard InChI is InChI=1S/C96H104/c1-89(2,3)67-41-49-71-75(53-45-67)83(93(13,14)15)57-79(71)87(80-58-84(94(16,17)18)76-54-46-68(90(4,5)6)42-50-72(76)80)65-37-33-63(34-38-65)31-29-61-25-27-62(28-26-61)30-32-64-35-39-66(40-36-64)88(81-59-85(95(19,20)21)77-55-47-69(91(7,8)9)43-51-73(77)81)82-60-86(96(22,23)24)78-56-48-70(92(10,11)12)44-52-74(78)82/h25-28,33-60H,1-24H3/q+2/b87-79-. The monoisotopic (exact) mass is 1260 g/mol. The summed E-state index contributed by atoms with van der Waals surface area (Å²) in [6.07, 6.45) is 11.5. The zero-order valence-electron chi connectivity index (χ0n) is 62.5. The summed E-state index contributed by atoms with van der Waals surface area (Å²) in [5.41, 5.74) is 33.4. The molecule has 0 unspecified atom stereocenters. The number of fused-ring (bicyclic) bond motifs is 4. The fourth-order valence-electron chi connectivity index (χ4n) is 14.0. The molecule has 0 aromatic heterocycles. The average Bonchev–Trinajstić information content (AvgIpc) is 1.52. The van der Waals surface area contributed by atoms with E-state index < -0.39 is 0 Å². The predicted molar refractivity (Wildman–Crippen MR) is 418 cm³/mol. The summed E-state index contributed by atoms with van der Waals surface area (Å²) >= 11 is 0. The molecule has 0 aliphatic heterocycles. The summed E-state index contributed by atoms with van der Waals surface area (Å²) < 4.78 is 0. The molecular formula is C96H104+2. The number of allylic oxidation sites excluding steroid dienone is 8. The quantitative estimate of drug-likeness (QED) is 0.122. The minimum absolute atomic E-state index is 0.00534. The Labute approximate surface area is 580 Å². The van der Waals surface area contributed by atoms with Crippen LogP contribution in [0.5, 0.6) is 0 Å². The van der Waals surface area contributed by atoms with Crippen LogP contribution in [0.1, 0.15) is 255 Å². The van der Waals surface area contributed by atoms with E-state index in [1.54, 1.807) is 0 Å². The third-order valence-corrected chi connectivity index (χ3v) is 19.8. The highest BCUT2D eigenvalue weighted by Gasteiger charge is 2.38. The summed E-state index contributed by atoms with van der Waals surface area (Å²) in [7, 11) is 0. The Hall–Kier alpha value is -8.68. The van der Waals surface area contributed by atoms with Gasteiger partial charge in [0.25, 0.3) is 0 Å². The van der Waals surface area contributed by atoms with Crippen molar-refractivity contribution in [2.45, 2.75) is 204 Å². The van der Waals surface area contributed by atoms with E-state index in [2.05, 4.69) is 384 Å². The molecule has 0 atom stereocenters. The minimum atomic E-state index is -0.0829. The molecule has 0 amide bonds. The molecule has 0 N–H and O–H groups in total. The van der Waals surface area contributed by atoms with Crippen LogP contribution in [0.2, 0.25) is 0 Å². The van der Waals surface area contributed by atoms with Crippen LogP contribution in [0.4, 0.5) is 0 Å². The van der Waals surface area contributed by atoms with Crippen molar-refractivity contribution in [1.29, 1.82) is 0 Å². The highest BCUT2D eigenvalue weighted by atomic mass is 14.4. The summed E-state index contributed by atoms with van der Waals surface area (Å²) in [5.74, 6) is 15.0. The molecule has 0 heteroatoms. The van der Waals surface area contributed by atoms with Gasteiger partial charge in [-0.3, -0.25) is 0 Å². The van der Waals surface area contributed by atoms with Crippen molar-refractivity contribution in [2.24, 2.45) is 5.41 Å². The summed E-state index contributed by atoms with van der Waals surface area (Å²) in [5, 5.41) is 0. The van der Waals surface area contributed by atoms with E-state index in [0.717, 1.165) is 22.6 Å². The van der Waals surface area contributed by atoms with E-state index >= 15 is 0 Å². The first kappa shape index (κ1) is 68.7. The average molecular weight is 1260 g/mol. The SMILES string of the molecule is CC(C)(C)C1=C/C(=C(\c2ccc(C#Cc3ccc(C#C[C+]4C=CC(=C(c5cc(C(C)(C)C)c6ccc(C(C)(C)C)ccc5-6)c5cc(C(C)(C)C)c6ccc(C(C)(C)C)ccc5-6)C=C4)cc3)cc2)c2cc(C(C)(C)C)c3ccc(C(C)(C)C)ccc2-3)[c+]2ccc(C(C)(C)C)ccc21. The highest BCUT2D eigenvalue weighted by molar-refractivity contribution is 6.13. The van der Waals surface area contributed by atoms with Crippen molar-refractivity contribution in [2.75, 3.05) is 0 Å². The van der Waals surface area contributed by atoms with Crippen molar-refractivity contribution in [3.63, 3.8) is 0 Å². The molecule has 8 aliphatic carbocycles. The summed E-state index contributed by atoms with van der Waals surface area (Å²) in [4.78, 5) is 0. The zero-order valence-corrected chi connectivity index (χ0v) is 62.5. The smallest absolute Gasteiger partial charge is 0.0617 e. The van der Waals surface area contributed by atoms with Crippen molar-refractivity contribution in [3.8, 4) is 57.1 Å². The lowest BCUT2D eigenvalue weighted by atomic mass is 9.83. The lowest BCUT2D eigenvalue weighted by molar-refractivity contribution is 0.568. The molecule has 8 aliphatic rings. The number of hydrogen-bond acceptors (Lipinski definition) is 0. The van der Waals surface area contributed by atoms with E-state index in [-0.39, 0.29) is 43.3 Å². The molecule has 0 heterocycles. The van der Waals surface area contributed by atoms with Gasteiger partial charge in [0, 0.05) is 81.2 Å². The van der Waals surface area contributed by atoms with Gasteiger partial charge in [-0.2, -0.15) is 0 Å². The van der Waals surface area contributed by atoms with Gasteiger partial charge in [0.05, 0.1) is 39.3 Å². The van der Waals surface area contributed by atoms with Crippen LogP contribution in [0.3, 0.4) is 0 Å². The Morgan fingerprint density at radius 1 is 0.312 bits per heavy atom. The molecule has 3 aromatic carbocycles. The van der Waals surface area contributed by atoms with E-state index in [1.807, 2.05) is 0 Å². The maximum absolute atomic E-state index is 3.54. The van der Waals surface area contributed by atoms with Crippen molar-refractivity contribution >= 4 is 22.3 Å². The van der Waals surface area contributed by atoms with Crippen LogP contribution in [-0.2, 0) is 37.9 Å². The van der Waals surface area contributed by atoms with Gasteiger partial charge in [0.15, 0.2) is 0 Å². The van der Waals surface area contributed by atoms with Crippen LogP contribution < -0.4 is 0 Å². The zero-order chi connectivity index (χ0) is 69.6. The molecule has 0 bridgehead atoms. The Bertz CT molecular complexity index is 4570. The van der Waals surface area contributed by atoms with Gasteiger partial charge in [-0.15, -0.1) is 0 Å². The number of hydrogen-bond donors (Lipinski definition) is 0. The van der Waals surface area contributed by atoms with Gasteiger partial charge in [-0.05, 0) is 227 Å². The molecule has 486 valence electrons. The molecule has 0 nitrogen and oxygen atoms in total. The maximum atomic E-state index is 3.54. The van der Waals surface area contributed by atoms with Crippen molar-refractivity contribution in [1.82, 2.24) is 0 Å². The van der Waals surface area contributed by atoms with E-state index in [4.69, 9.17) is 0 Å². The van der Waals surface area contributed by atoms with E-state index in [0.29, 0.717) is 0 Å². The molecule has 0 spiro atoms. The van der Waals surface area contributed by atoms with Crippen LogP contribution in [0.15, 0.2) is 200 Å². The van der Waals surface area contributed by atoms with Crippen LogP contribution in [0, 0.1) is 35.0 Å². The second kappa shape index (κ2) is 24.8. The van der Waals surface area contributed by atoms with Crippen LogP contribution >= 0.6 is 0 Å². The Balaban J connectivity index is 0.944. The van der Waals surface area contributed by atoms with Crippen LogP contribution in [-0.4, -0.2) is 0 Å². The van der Waals surface area contributed by atoms with Gasteiger partial charge >= 0.3 is 0 Å². The van der Waals surface area contributed by atoms with Gasteiger partial charge in [0.1, 0.15) is 5.92 Å². The largest absolute Gasteiger partial charge is 0.114 e. The number of benzene rings is 2. The molecule has 0 saturated heterocycles. The molecule has 11 rings (SSSR count). The van der Waals surface area contributed by atoms with Crippen molar-refractivity contribution in [3.05, 3.63) is 295 Å². The Morgan fingerprint density at radius 2 is 0.646 bits per heavy atom. The third-order valence-electron chi connectivity index (χ3n) is 19.8. The fourth-order valence-corrected chi connectivity index (χ4v) is 14.0. The summed E-state index contributed by atoms with van der Waals surface area (Å²) in [6, 6.07) is 62.8. The second-order valence-electron chi connectivity index (χ2n) is 35.7. The molecule has 0 saturated carbocycles. The predicted octanol–water partition coefficient (Wildman–Crippen LogP) is 25.7. The van der Waals surface area contributed by atoms with E-state index in [9.17, 15) is 0 Å². The van der Waals surface area contributed by atoms with E-state index in [1.165, 1.54) is 134 Å². The first-order chi connectivity index (χ1) is 44.6. The first-order valence-electron chi connectivity index (χ1n) is 35.1. The third kappa shape index (κ3) is 14.1. The first-order valence-corrected chi connectivity index (χ1v) is 35.1. The number of rotatable bonds is 4. The summed E-state index contributed by atoms with van der Waals surface area (Å²) in [6.45, 7) is 55.9. The maximum Gasteiger partial charge on any atom is 0.114 e. The minimum Gasteiger partial charge on any atom is -0.0617 e. The molecular weight excluding hydrogens is 1150 g/mol. The topological polar surface area (TPSA) is 0 Å². The normalized spacial score (nSPS) is 14.6. The molecule has 0 radical (unpaired) electrons.